The number of carbonyl (C=O) groups excluding carboxylic acids is 1. The van der Waals surface area contributed by atoms with Crippen molar-refractivity contribution in [2.24, 2.45) is 17.1 Å². The lowest BCUT2D eigenvalue weighted by Gasteiger charge is -2.60. The van der Waals surface area contributed by atoms with E-state index < -0.39 is 5.54 Å². The van der Waals surface area contributed by atoms with Crippen LogP contribution in [0.4, 0.5) is 0 Å². The molecule has 20 heavy (non-hydrogen) atoms. The lowest BCUT2D eigenvalue weighted by atomic mass is 9.48. The zero-order valence-corrected chi connectivity index (χ0v) is 12.8. The summed E-state index contributed by atoms with van der Waals surface area (Å²) in [6, 6.07) is 4.12. The lowest BCUT2D eigenvalue weighted by molar-refractivity contribution is -0.175. The van der Waals surface area contributed by atoms with E-state index in [-0.39, 0.29) is 23.3 Å². The molecule has 0 bridgehead atoms. The van der Waals surface area contributed by atoms with E-state index in [0.29, 0.717) is 6.54 Å². The van der Waals surface area contributed by atoms with Crippen molar-refractivity contribution in [3.63, 3.8) is 0 Å². The first-order chi connectivity index (χ1) is 9.48. The summed E-state index contributed by atoms with van der Waals surface area (Å²) < 4.78 is 5.72. The molecule has 110 valence electrons. The van der Waals surface area contributed by atoms with Gasteiger partial charge in [-0.25, -0.2) is 0 Å². The number of rotatable bonds is 4. The molecule has 1 aromatic heterocycles. The molecule has 3 N–H and O–H groups in total. The van der Waals surface area contributed by atoms with Crippen molar-refractivity contribution >= 4 is 17.2 Å². The Kier molecular flexibility index (Phi) is 3.39. The molecule has 3 rings (SSSR count). The summed E-state index contributed by atoms with van der Waals surface area (Å²) in [4.78, 5) is 13.8. The Balaban J connectivity index is 1.61. The van der Waals surface area contributed by atoms with Crippen molar-refractivity contribution in [1.82, 2.24) is 5.32 Å². The van der Waals surface area contributed by atoms with E-state index in [2.05, 4.69) is 16.8 Å². The van der Waals surface area contributed by atoms with Gasteiger partial charge in [-0.2, -0.15) is 0 Å². The van der Waals surface area contributed by atoms with Crippen LogP contribution in [0.5, 0.6) is 0 Å². The summed E-state index contributed by atoms with van der Waals surface area (Å²) >= 11 is 1.71. The zero-order valence-electron chi connectivity index (χ0n) is 12.0. The van der Waals surface area contributed by atoms with Crippen molar-refractivity contribution in [2.75, 3.05) is 13.2 Å². The number of thiophene rings is 1. The number of carbonyl (C=O) groups is 1. The van der Waals surface area contributed by atoms with Gasteiger partial charge in [-0.3, -0.25) is 4.79 Å². The van der Waals surface area contributed by atoms with Crippen molar-refractivity contribution in [1.29, 1.82) is 0 Å². The quantitative estimate of drug-likeness (QED) is 0.885. The van der Waals surface area contributed by atoms with Crippen LogP contribution in [-0.4, -0.2) is 30.7 Å². The predicted molar refractivity (Wildman–Crippen MR) is 79.6 cm³/mol. The molecule has 1 aliphatic carbocycles. The molecule has 1 amide bonds. The van der Waals surface area contributed by atoms with Crippen LogP contribution in [-0.2, 0) is 16.0 Å². The van der Waals surface area contributed by atoms with Gasteiger partial charge < -0.3 is 15.8 Å². The molecule has 1 saturated heterocycles. The van der Waals surface area contributed by atoms with Crippen LogP contribution in [0.1, 0.15) is 25.1 Å². The highest BCUT2D eigenvalue weighted by molar-refractivity contribution is 7.09. The molecule has 1 saturated carbocycles. The summed E-state index contributed by atoms with van der Waals surface area (Å²) in [7, 11) is 0. The monoisotopic (exact) mass is 294 g/mol. The van der Waals surface area contributed by atoms with E-state index in [1.165, 1.54) is 4.88 Å². The first kappa shape index (κ1) is 14.0. The molecule has 2 aliphatic rings. The second kappa shape index (κ2) is 4.83. The number of nitrogens with one attached hydrogen (secondary N) is 1. The SMILES string of the molecule is CC1(C)C2OCCC2C1(N)C(=O)NCCc1cccs1. The Morgan fingerprint density at radius 1 is 1.60 bits per heavy atom. The summed E-state index contributed by atoms with van der Waals surface area (Å²) in [6.45, 7) is 5.45. The highest BCUT2D eigenvalue weighted by Crippen LogP contribution is 2.58. The molecule has 4 nitrogen and oxygen atoms in total. The number of hydrogen-bond donors (Lipinski definition) is 2. The highest BCUT2D eigenvalue weighted by Gasteiger charge is 2.71. The first-order valence-corrected chi connectivity index (χ1v) is 8.07. The lowest BCUT2D eigenvalue weighted by Crippen LogP contribution is -2.80. The molecule has 2 heterocycles. The van der Waals surface area contributed by atoms with Gasteiger partial charge in [0.05, 0.1) is 6.10 Å². The first-order valence-electron chi connectivity index (χ1n) is 7.19. The van der Waals surface area contributed by atoms with Gasteiger partial charge in [0.2, 0.25) is 5.91 Å². The molecular weight excluding hydrogens is 272 g/mol. The van der Waals surface area contributed by atoms with Crippen molar-refractivity contribution < 1.29 is 9.53 Å². The molecule has 1 aromatic rings. The van der Waals surface area contributed by atoms with Crippen LogP contribution in [0.2, 0.25) is 0 Å². The van der Waals surface area contributed by atoms with Gasteiger partial charge in [-0.05, 0) is 24.3 Å². The van der Waals surface area contributed by atoms with E-state index in [1.54, 1.807) is 11.3 Å². The second-order valence-corrected chi connectivity index (χ2v) is 7.39. The normalized spacial score (nSPS) is 34.4. The minimum atomic E-state index is -0.788. The Labute approximate surface area is 123 Å². The molecule has 0 aromatic carbocycles. The summed E-state index contributed by atoms with van der Waals surface area (Å²) in [5, 5.41) is 5.07. The molecule has 0 spiro atoms. The number of hydrogen-bond acceptors (Lipinski definition) is 4. The van der Waals surface area contributed by atoms with E-state index in [4.69, 9.17) is 10.5 Å². The third kappa shape index (κ3) is 1.84. The molecule has 5 heteroatoms. The Morgan fingerprint density at radius 3 is 3.10 bits per heavy atom. The van der Waals surface area contributed by atoms with Gasteiger partial charge in [-0.1, -0.05) is 19.9 Å². The third-order valence-corrected chi connectivity index (χ3v) is 6.00. The van der Waals surface area contributed by atoms with E-state index >= 15 is 0 Å². The Bertz CT molecular complexity index is 500. The number of amides is 1. The van der Waals surface area contributed by atoms with Crippen LogP contribution >= 0.6 is 11.3 Å². The Morgan fingerprint density at radius 2 is 2.40 bits per heavy atom. The van der Waals surface area contributed by atoms with E-state index in [0.717, 1.165) is 19.4 Å². The third-order valence-electron chi connectivity index (χ3n) is 5.07. The summed E-state index contributed by atoms with van der Waals surface area (Å²) in [5.74, 6) is 0.144. The summed E-state index contributed by atoms with van der Waals surface area (Å²) in [6.07, 6.45) is 1.89. The Hall–Kier alpha value is -0.910. The van der Waals surface area contributed by atoms with Gasteiger partial charge >= 0.3 is 0 Å². The van der Waals surface area contributed by atoms with E-state index in [9.17, 15) is 4.79 Å². The van der Waals surface area contributed by atoms with Gasteiger partial charge in [0.25, 0.3) is 0 Å². The number of ether oxygens (including phenoxy) is 1. The average Bonchev–Trinajstić information content (AvgIpc) is 3.07. The predicted octanol–water partition coefficient (Wildman–Crippen LogP) is 1.55. The molecule has 0 radical (unpaired) electrons. The van der Waals surface area contributed by atoms with Crippen molar-refractivity contribution in [3.05, 3.63) is 22.4 Å². The fourth-order valence-electron chi connectivity index (χ4n) is 3.75. The maximum Gasteiger partial charge on any atom is 0.241 e. The van der Waals surface area contributed by atoms with Crippen LogP contribution in [0.25, 0.3) is 0 Å². The minimum Gasteiger partial charge on any atom is -0.377 e. The fourth-order valence-corrected chi connectivity index (χ4v) is 4.45. The fraction of sp³-hybridized carbons (Fsp3) is 0.667. The largest absolute Gasteiger partial charge is 0.377 e. The maximum absolute atomic E-state index is 12.5. The topological polar surface area (TPSA) is 64.3 Å². The van der Waals surface area contributed by atoms with Gasteiger partial charge in [-0.15, -0.1) is 11.3 Å². The molecule has 3 unspecified atom stereocenters. The van der Waals surface area contributed by atoms with E-state index in [1.807, 2.05) is 19.9 Å². The summed E-state index contributed by atoms with van der Waals surface area (Å²) in [5.41, 5.74) is 5.40. The number of nitrogens with two attached hydrogens (primary N) is 1. The van der Waals surface area contributed by atoms with Gasteiger partial charge in [0.1, 0.15) is 5.54 Å². The van der Waals surface area contributed by atoms with Gasteiger partial charge in [0, 0.05) is 29.4 Å². The molecule has 2 fully saturated rings. The minimum absolute atomic E-state index is 0.0224. The molecule has 1 aliphatic heterocycles. The smallest absolute Gasteiger partial charge is 0.241 e. The van der Waals surface area contributed by atoms with Crippen LogP contribution in [0.15, 0.2) is 17.5 Å². The van der Waals surface area contributed by atoms with Crippen molar-refractivity contribution in [2.45, 2.75) is 38.3 Å². The standard InChI is InChI=1S/C15H22N2O2S/c1-14(2)12-11(6-8-19-12)15(14,16)13(18)17-7-5-10-4-3-9-20-10/h3-4,9,11-12H,5-8,16H2,1-2H3,(H,17,18). The van der Waals surface area contributed by atoms with Crippen LogP contribution in [0, 0.1) is 11.3 Å². The highest BCUT2D eigenvalue weighted by atomic mass is 32.1. The second-order valence-electron chi connectivity index (χ2n) is 6.36. The number of fused-ring (bicyclic) bond motifs is 1. The average molecular weight is 294 g/mol. The molecular formula is C15H22N2O2S. The van der Waals surface area contributed by atoms with Crippen LogP contribution in [0.3, 0.4) is 0 Å². The van der Waals surface area contributed by atoms with Gasteiger partial charge in [0.15, 0.2) is 0 Å². The maximum atomic E-state index is 12.5. The zero-order chi connectivity index (χ0) is 14.4. The van der Waals surface area contributed by atoms with Crippen molar-refractivity contribution in [3.8, 4) is 0 Å². The molecule has 3 atom stereocenters. The van der Waals surface area contributed by atoms with Crippen LogP contribution < -0.4 is 11.1 Å².